The molecule has 0 unspecified atom stereocenters. The molecule has 2 rings (SSSR count). The Morgan fingerprint density at radius 1 is 1.26 bits per heavy atom. The second kappa shape index (κ2) is 7.32. The lowest BCUT2D eigenvalue weighted by Crippen LogP contribution is -2.28. The number of carbonyl (C=O) groups excluding carboxylic acids is 2. The minimum atomic E-state index is -0.513. The lowest BCUT2D eigenvalue weighted by atomic mass is 10.1. The van der Waals surface area contributed by atoms with Crippen molar-refractivity contribution in [2.45, 2.75) is 25.8 Å². The molecule has 2 heterocycles. The summed E-state index contributed by atoms with van der Waals surface area (Å²) in [6.07, 6.45) is 1.38. The number of Topliss-reactive ketones (excluding diaryl/α,β-unsaturated/α-hetero) is 1. The molecule has 0 amide bonds. The van der Waals surface area contributed by atoms with Gasteiger partial charge in [-0.2, -0.15) is 4.73 Å². The third kappa shape index (κ3) is 3.73. The number of H-pyrrole nitrogens is 1. The Kier molecular flexibility index (Phi) is 5.44. The van der Waals surface area contributed by atoms with Crippen LogP contribution in [0.4, 0.5) is 0 Å². The maximum Gasteiger partial charge on any atom is 0.340 e. The van der Waals surface area contributed by atoms with Gasteiger partial charge in [0.1, 0.15) is 0 Å². The number of ether oxygens (including phenoxy) is 1. The Labute approximate surface area is 138 Å². The van der Waals surface area contributed by atoms with Gasteiger partial charge >= 0.3 is 5.97 Å². The summed E-state index contributed by atoms with van der Waals surface area (Å²) in [6, 6.07) is 5.00. The molecular weight excluding hydrogens is 316 g/mol. The predicted octanol–water partition coefficient (Wildman–Crippen LogP) is 2.42. The Morgan fingerprint density at radius 3 is 2.61 bits per heavy atom. The Balaban J connectivity index is 2.22. The minimum Gasteiger partial charge on any atom is -0.618 e. The van der Waals surface area contributed by atoms with Gasteiger partial charge in [0.25, 0.3) is 5.03 Å². The standard InChI is InChI=1S/C16H18N2O4S/c1-4-22-16(20)15-11(3)17-10(2)14(15)12(19)9-23-13-7-5-6-8-18(13)21/h5-8,17H,4,9H2,1-3H3. The highest BCUT2D eigenvalue weighted by Crippen LogP contribution is 2.23. The van der Waals surface area contributed by atoms with Crippen molar-refractivity contribution in [2.75, 3.05) is 12.4 Å². The number of carbonyl (C=O) groups is 2. The number of rotatable bonds is 6. The van der Waals surface area contributed by atoms with Gasteiger partial charge < -0.3 is 14.9 Å². The van der Waals surface area contributed by atoms with Crippen LogP contribution in [-0.2, 0) is 4.74 Å². The molecule has 0 fully saturated rings. The fourth-order valence-corrected chi connectivity index (χ4v) is 3.11. The fraction of sp³-hybridized carbons (Fsp3) is 0.312. The van der Waals surface area contributed by atoms with Crippen LogP contribution >= 0.6 is 11.8 Å². The quantitative estimate of drug-likeness (QED) is 0.288. The average Bonchev–Trinajstić information content (AvgIpc) is 2.81. The molecular formula is C16H18N2O4S. The molecule has 23 heavy (non-hydrogen) atoms. The van der Waals surface area contributed by atoms with Crippen LogP contribution in [0.1, 0.15) is 39.0 Å². The van der Waals surface area contributed by atoms with Gasteiger partial charge in [-0.25, -0.2) is 4.79 Å². The Morgan fingerprint density at radius 2 is 1.96 bits per heavy atom. The number of nitrogens with one attached hydrogen (secondary N) is 1. The molecule has 0 aromatic carbocycles. The van der Waals surface area contributed by atoms with Crippen molar-refractivity contribution in [3.63, 3.8) is 0 Å². The van der Waals surface area contributed by atoms with Gasteiger partial charge in [-0.15, -0.1) is 0 Å². The summed E-state index contributed by atoms with van der Waals surface area (Å²) in [6.45, 7) is 5.42. The van der Waals surface area contributed by atoms with Crippen LogP contribution < -0.4 is 4.73 Å². The highest BCUT2D eigenvalue weighted by Gasteiger charge is 2.25. The van der Waals surface area contributed by atoms with E-state index in [0.717, 1.165) is 11.8 Å². The van der Waals surface area contributed by atoms with Gasteiger partial charge in [-0.05, 0) is 38.6 Å². The van der Waals surface area contributed by atoms with Crippen molar-refractivity contribution in [2.24, 2.45) is 0 Å². The highest BCUT2D eigenvalue weighted by atomic mass is 32.2. The van der Waals surface area contributed by atoms with E-state index in [0.29, 0.717) is 26.7 Å². The number of thioether (sulfide) groups is 1. The molecule has 2 aromatic heterocycles. The van der Waals surface area contributed by atoms with Crippen LogP contribution in [0, 0.1) is 19.1 Å². The first-order chi connectivity index (χ1) is 11.0. The summed E-state index contributed by atoms with van der Waals surface area (Å²) in [4.78, 5) is 27.6. The zero-order valence-electron chi connectivity index (χ0n) is 13.2. The molecule has 0 spiro atoms. The van der Waals surface area contributed by atoms with Gasteiger partial charge in [0, 0.05) is 23.5 Å². The number of hydrogen-bond donors (Lipinski definition) is 1. The van der Waals surface area contributed by atoms with Crippen LogP contribution in [0.5, 0.6) is 0 Å². The van der Waals surface area contributed by atoms with Crippen molar-refractivity contribution in [1.29, 1.82) is 0 Å². The van der Waals surface area contributed by atoms with Crippen LogP contribution in [0.25, 0.3) is 0 Å². The first-order valence-corrected chi connectivity index (χ1v) is 8.14. The first-order valence-electron chi connectivity index (χ1n) is 7.16. The Hall–Kier alpha value is -2.28. The van der Waals surface area contributed by atoms with Gasteiger partial charge in [0.15, 0.2) is 12.0 Å². The first kappa shape index (κ1) is 17.1. The average molecular weight is 334 g/mol. The largest absolute Gasteiger partial charge is 0.618 e. The SMILES string of the molecule is CCOC(=O)c1c(C)[nH]c(C)c1C(=O)CSc1cccc[n+]1[O-]. The van der Waals surface area contributed by atoms with Crippen LogP contribution in [0.15, 0.2) is 29.4 Å². The van der Waals surface area contributed by atoms with Gasteiger partial charge in [-0.1, -0.05) is 0 Å². The lowest BCUT2D eigenvalue weighted by molar-refractivity contribution is -0.645. The molecule has 7 heteroatoms. The van der Waals surface area contributed by atoms with E-state index in [-0.39, 0.29) is 23.7 Å². The number of aromatic amines is 1. The smallest absolute Gasteiger partial charge is 0.340 e. The second-order valence-electron chi connectivity index (χ2n) is 4.92. The van der Waals surface area contributed by atoms with E-state index in [4.69, 9.17) is 4.74 Å². The van der Waals surface area contributed by atoms with E-state index in [9.17, 15) is 14.8 Å². The molecule has 0 atom stereocenters. The van der Waals surface area contributed by atoms with Gasteiger partial charge in [0.2, 0.25) is 0 Å². The van der Waals surface area contributed by atoms with Crippen molar-refractivity contribution in [3.8, 4) is 0 Å². The number of aryl methyl sites for hydroxylation is 2. The summed E-state index contributed by atoms with van der Waals surface area (Å²) in [5.41, 5.74) is 1.84. The minimum absolute atomic E-state index is 0.0663. The fourth-order valence-electron chi connectivity index (χ4n) is 2.32. The molecule has 2 aromatic rings. The second-order valence-corrected chi connectivity index (χ2v) is 5.92. The number of aromatic nitrogens is 2. The zero-order chi connectivity index (χ0) is 17.0. The maximum absolute atomic E-state index is 12.5. The number of nitrogens with zero attached hydrogens (tertiary/aromatic N) is 1. The number of pyridine rings is 1. The monoisotopic (exact) mass is 334 g/mol. The van der Waals surface area contributed by atoms with Crippen LogP contribution in [-0.4, -0.2) is 29.1 Å². The van der Waals surface area contributed by atoms with E-state index in [1.807, 2.05) is 0 Å². The molecule has 0 bridgehead atoms. The summed E-state index contributed by atoms with van der Waals surface area (Å²) in [5.74, 6) is -0.665. The van der Waals surface area contributed by atoms with Crippen molar-refractivity contribution < 1.29 is 19.1 Å². The molecule has 6 nitrogen and oxygen atoms in total. The van der Waals surface area contributed by atoms with Crippen molar-refractivity contribution in [3.05, 3.63) is 52.1 Å². The Bertz CT molecular complexity index is 740. The van der Waals surface area contributed by atoms with Gasteiger partial charge in [0.05, 0.1) is 23.5 Å². The zero-order valence-corrected chi connectivity index (χ0v) is 14.0. The number of hydrogen-bond acceptors (Lipinski definition) is 5. The third-order valence-electron chi connectivity index (χ3n) is 3.27. The van der Waals surface area contributed by atoms with Crippen LogP contribution in [0.3, 0.4) is 0 Å². The van der Waals surface area contributed by atoms with E-state index < -0.39 is 5.97 Å². The molecule has 0 aliphatic rings. The molecule has 0 aliphatic heterocycles. The molecule has 0 saturated carbocycles. The summed E-state index contributed by atoms with van der Waals surface area (Å²) in [5, 5.41) is 12.0. The summed E-state index contributed by atoms with van der Waals surface area (Å²) < 4.78 is 5.73. The van der Waals surface area contributed by atoms with Crippen molar-refractivity contribution in [1.82, 2.24) is 4.98 Å². The van der Waals surface area contributed by atoms with Crippen molar-refractivity contribution >= 4 is 23.5 Å². The normalized spacial score (nSPS) is 10.6. The molecule has 0 saturated heterocycles. The van der Waals surface area contributed by atoms with E-state index in [1.165, 1.54) is 6.20 Å². The van der Waals surface area contributed by atoms with E-state index in [1.54, 1.807) is 39.0 Å². The van der Waals surface area contributed by atoms with Gasteiger partial charge in [-0.3, -0.25) is 4.79 Å². The highest BCUT2D eigenvalue weighted by molar-refractivity contribution is 7.99. The molecule has 122 valence electrons. The lowest BCUT2D eigenvalue weighted by Gasteiger charge is -2.06. The topological polar surface area (TPSA) is 86.1 Å². The summed E-state index contributed by atoms with van der Waals surface area (Å²) >= 11 is 1.14. The number of ketones is 1. The predicted molar refractivity (Wildman–Crippen MR) is 86.7 cm³/mol. The maximum atomic E-state index is 12.5. The third-order valence-corrected chi connectivity index (χ3v) is 4.29. The molecule has 1 N–H and O–H groups in total. The van der Waals surface area contributed by atoms with E-state index >= 15 is 0 Å². The number of esters is 1. The van der Waals surface area contributed by atoms with Crippen LogP contribution in [0.2, 0.25) is 0 Å². The summed E-state index contributed by atoms with van der Waals surface area (Å²) in [7, 11) is 0. The molecule has 0 aliphatic carbocycles. The molecule has 0 radical (unpaired) electrons. The van der Waals surface area contributed by atoms with E-state index in [2.05, 4.69) is 4.98 Å².